The molecule has 0 amide bonds. The van der Waals surface area contributed by atoms with Crippen molar-refractivity contribution in [3.63, 3.8) is 0 Å². The Kier molecular flexibility index (Phi) is 6.59. The van der Waals surface area contributed by atoms with Gasteiger partial charge in [0.25, 0.3) is 0 Å². The molecule has 0 N–H and O–H groups in total. The van der Waals surface area contributed by atoms with Gasteiger partial charge in [0.1, 0.15) is 11.9 Å². The molecule has 0 unspecified atom stereocenters. The Hall–Kier alpha value is -1.37. The molecular formula is C13H16F3O5P. The minimum Gasteiger partial charge on any atom is -0.426 e. The van der Waals surface area contributed by atoms with Crippen LogP contribution in [0.2, 0.25) is 0 Å². The average Bonchev–Trinajstić information content (AvgIpc) is 2.38. The number of halogens is 3. The predicted molar refractivity (Wildman–Crippen MR) is 72.8 cm³/mol. The molecule has 0 saturated carbocycles. The van der Waals surface area contributed by atoms with Crippen LogP contribution in [0.3, 0.4) is 0 Å². The van der Waals surface area contributed by atoms with Crippen molar-refractivity contribution in [1.82, 2.24) is 0 Å². The van der Waals surface area contributed by atoms with E-state index in [4.69, 9.17) is 13.8 Å². The smallest absolute Gasteiger partial charge is 0.416 e. The van der Waals surface area contributed by atoms with Gasteiger partial charge in [-0.25, -0.2) is 0 Å². The summed E-state index contributed by atoms with van der Waals surface area (Å²) < 4.78 is 64.0. The number of ether oxygens (including phenoxy) is 1. The Morgan fingerprint density at radius 2 is 1.59 bits per heavy atom. The monoisotopic (exact) mass is 340 g/mol. The Morgan fingerprint density at radius 3 is 2.00 bits per heavy atom. The van der Waals surface area contributed by atoms with Crippen LogP contribution in [-0.4, -0.2) is 25.3 Å². The van der Waals surface area contributed by atoms with E-state index in [1.54, 1.807) is 13.8 Å². The Morgan fingerprint density at radius 1 is 1.09 bits per heavy atom. The first-order chi connectivity index (χ1) is 10.2. The summed E-state index contributed by atoms with van der Waals surface area (Å²) in [6, 6.07) is 3.58. The summed E-state index contributed by atoms with van der Waals surface area (Å²) in [5.41, 5.74) is -0.860. The lowest BCUT2D eigenvalue weighted by Crippen LogP contribution is -2.16. The summed E-state index contributed by atoms with van der Waals surface area (Å²) in [6.07, 6.45) is -5.09. The van der Waals surface area contributed by atoms with E-state index in [1.807, 2.05) is 0 Å². The molecule has 0 bridgehead atoms. The van der Waals surface area contributed by atoms with Crippen LogP contribution in [0.4, 0.5) is 13.2 Å². The van der Waals surface area contributed by atoms with Gasteiger partial charge < -0.3 is 13.8 Å². The van der Waals surface area contributed by atoms with Gasteiger partial charge >= 0.3 is 19.7 Å². The molecule has 124 valence electrons. The second-order valence-electron chi connectivity index (χ2n) is 4.10. The number of benzene rings is 1. The van der Waals surface area contributed by atoms with Crippen molar-refractivity contribution >= 4 is 13.6 Å². The zero-order valence-electron chi connectivity index (χ0n) is 12.1. The summed E-state index contributed by atoms with van der Waals surface area (Å²) in [6.45, 7) is 3.36. The Bertz CT molecular complexity index is 532. The first kappa shape index (κ1) is 18.7. The quantitative estimate of drug-likeness (QED) is 0.428. The highest BCUT2D eigenvalue weighted by atomic mass is 31.2. The minimum absolute atomic E-state index is 0.0856. The predicted octanol–water partition coefficient (Wildman–Crippen LogP) is 3.88. The molecule has 0 atom stereocenters. The van der Waals surface area contributed by atoms with Crippen molar-refractivity contribution in [2.24, 2.45) is 0 Å². The van der Waals surface area contributed by atoms with Crippen molar-refractivity contribution < 1.29 is 36.3 Å². The maximum Gasteiger partial charge on any atom is 0.416 e. The molecule has 1 aromatic carbocycles. The van der Waals surface area contributed by atoms with Crippen LogP contribution in [-0.2, 0) is 24.6 Å². The molecule has 22 heavy (non-hydrogen) atoms. The second kappa shape index (κ2) is 7.76. The van der Waals surface area contributed by atoms with Crippen LogP contribution in [0.15, 0.2) is 24.3 Å². The Balaban J connectivity index is 2.70. The third-order valence-corrected chi connectivity index (χ3v) is 4.34. The number of esters is 1. The van der Waals surface area contributed by atoms with Crippen LogP contribution in [0.1, 0.15) is 19.4 Å². The number of hydrogen-bond acceptors (Lipinski definition) is 5. The summed E-state index contributed by atoms with van der Waals surface area (Å²) in [5.74, 6) is -0.998. The minimum atomic E-state index is -4.47. The zero-order chi connectivity index (χ0) is 16.8. The zero-order valence-corrected chi connectivity index (χ0v) is 12.9. The van der Waals surface area contributed by atoms with Crippen molar-refractivity contribution in [3.05, 3.63) is 29.8 Å². The first-order valence-electron chi connectivity index (χ1n) is 6.46. The molecule has 0 aliphatic rings. The van der Waals surface area contributed by atoms with E-state index in [1.165, 1.54) is 0 Å². The van der Waals surface area contributed by atoms with E-state index in [9.17, 15) is 22.5 Å². The van der Waals surface area contributed by atoms with Gasteiger partial charge in [0.15, 0.2) is 0 Å². The molecule has 0 aliphatic carbocycles. The lowest BCUT2D eigenvalue weighted by Gasteiger charge is -2.16. The Labute approximate surface area is 125 Å². The molecular weight excluding hydrogens is 324 g/mol. The number of carbonyl (C=O) groups excluding carboxylic acids is 1. The lowest BCUT2D eigenvalue weighted by molar-refractivity contribution is -0.137. The topological polar surface area (TPSA) is 61.8 Å². The molecule has 0 heterocycles. The number of alkyl halides is 3. The molecule has 9 heteroatoms. The lowest BCUT2D eigenvalue weighted by atomic mass is 10.2. The third-order valence-electron chi connectivity index (χ3n) is 2.39. The molecule has 0 fully saturated rings. The van der Waals surface area contributed by atoms with Crippen molar-refractivity contribution in [3.8, 4) is 5.75 Å². The van der Waals surface area contributed by atoms with Gasteiger partial charge in [-0.1, -0.05) is 0 Å². The average molecular weight is 340 g/mol. The number of hydrogen-bond donors (Lipinski definition) is 0. The van der Waals surface area contributed by atoms with E-state index in [0.29, 0.717) is 0 Å². The number of rotatable bonds is 7. The maximum absolute atomic E-state index is 12.4. The maximum atomic E-state index is 12.4. The molecule has 1 rings (SSSR count). The molecule has 5 nitrogen and oxygen atoms in total. The van der Waals surface area contributed by atoms with E-state index in [-0.39, 0.29) is 19.0 Å². The highest BCUT2D eigenvalue weighted by molar-refractivity contribution is 7.54. The van der Waals surface area contributed by atoms with Crippen molar-refractivity contribution in [1.29, 1.82) is 0 Å². The van der Waals surface area contributed by atoms with Gasteiger partial charge in [0.2, 0.25) is 0 Å². The molecule has 0 aromatic heterocycles. The highest BCUT2D eigenvalue weighted by Crippen LogP contribution is 2.47. The molecule has 0 radical (unpaired) electrons. The fourth-order valence-electron chi connectivity index (χ4n) is 1.56. The van der Waals surface area contributed by atoms with E-state index >= 15 is 0 Å². The van der Waals surface area contributed by atoms with Crippen LogP contribution < -0.4 is 4.74 Å². The molecule has 0 aliphatic heterocycles. The fraction of sp³-hybridized carbons (Fsp3) is 0.462. The molecule has 0 spiro atoms. The van der Waals surface area contributed by atoms with Crippen LogP contribution >= 0.6 is 7.60 Å². The highest BCUT2D eigenvalue weighted by Gasteiger charge is 2.31. The van der Waals surface area contributed by atoms with Crippen LogP contribution in [0.5, 0.6) is 5.75 Å². The third kappa shape index (κ3) is 5.79. The molecule has 1 aromatic rings. The van der Waals surface area contributed by atoms with Gasteiger partial charge in [-0.15, -0.1) is 0 Å². The molecule has 0 saturated heterocycles. The van der Waals surface area contributed by atoms with Gasteiger partial charge in [-0.3, -0.25) is 9.36 Å². The van der Waals surface area contributed by atoms with E-state index < -0.39 is 31.5 Å². The van der Waals surface area contributed by atoms with E-state index in [2.05, 4.69) is 0 Å². The second-order valence-corrected chi connectivity index (χ2v) is 6.16. The van der Waals surface area contributed by atoms with Gasteiger partial charge in [-0.2, -0.15) is 13.2 Å². The van der Waals surface area contributed by atoms with Gasteiger partial charge in [0, 0.05) is 0 Å². The van der Waals surface area contributed by atoms with E-state index in [0.717, 1.165) is 24.3 Å². The first-order valence-corrected chi connectivity index (χ1v) is 8.19. The van der Waals surface area contributed by atoms with Crippen LogP contribution in [0, 0.1) is 0 Å². The SMILES string of the molecule is CCOP(=O)(CC(=O)Oc1ccc(C(F)(F)F)cc1)OCC. The van der Waals surface area contributed by atoms with Gasteiger partial charge in [0.05, 0.1) is 18.8 Å². The van der Waals surface area contributed by atoms with Crippen molar-refractivity contribution in [2.45, 2.75) is 20.0 Å². The van der Waals surface area contributed by atoms with Gasteiger partial charge in [-0.05, 0) is 38.1 Å². The summed E-state index contributed by atoms with van der Waals surface area (Å²) in [4.78, 5) is 11.7. The van der Waals surface area contributed by atoms with Crippen LogP contribution in [0.25, 0.3) is 0 Å². The normalized spacial score (nSPS) is 12.2. The summed E-state index contributed by atoms with van der Waals surface area (Å²) >= 11 is 0. The van der Waals surface area contributed by atoms with Crippen molar-refractivity contribution in [2.75, 3.05) is 19.4 Å². The number of carbonyl (C=O) groups is 1. The largest absolute Gasteiger partial charge is 0.426 e. The summed E-state index contributed by atoms with van der Waals surface area (Å²) in [5, 5.41) is 0. The summed E-state index contributed by atoms with van der Waals surface area (Å²) in [7, 11) is -3.60. The fourth-order valence-corrected chi connectivity index (χ4v) is 2.98. The standard InChI is InChI=1S/C13H16F3O5P/c1-3-19-22(18,20-4-2)9-12(17)21-11-7-5-10(6-8-11)13(14,15)16/h5-8H,3-4,9H2,1-2H3.